The van der Waals surface area contributed by atoms with Gasteiger partial charge in [0, 0.05) is 18.2 Å². The van der Waals surface area contributed by atoms with Crippen LogP contribution in [0, 0.1) is 0 Å². The highest BCUT2D eigenvalue weighted by molar-refractivity contribution is 5.31. The van der Waals surface area contributed by atoms with E-state index in [1.54, 1.807) is 0 Å². The van der Waals surface area contributed by atoms with Gasteiger partial charge in [-0.15, -0.1) is 0 Å². The van der Waals surface area contributed by atoms with Crippen LogP contribution in [0.25, 0.3) is 0 Å². The molecule has 1 heterocycles. The Labute approximate surface area is 70.8 Å². The fourth-order valence-electron chi connectivity index (χ4n) is 0.908. The Morgan fingerprint density at radius 3 is 2.75 bits per heavy atom. The van der Waals surface area contributed by atoms with E-state index >= 15 is 0 Å². The Morgan fingerprint density at radius 1 is 1.50 bits per heavy atom. The van der Waals surface area contributed by atoms with E-state index in [4.69, 9.17) is 14.9 Å². The van der Waals surface area contributed by atoms with Crippen LogP contribution in [0.4, 0.5) is 0 Å². The first kappa shape index (κ1) is 8.93. The molecule has 1 aromatic rings. The fourth-order valence-corrected chi connectivity index (χ4v) is 0.908. The summed E-state index contributed by atoms with van der Waals surface area (Å²) in [5, 5.41) is 18.1. The normalized spacial score (nSPS) is 10.4. The zero-order chi connectivity index (χ0) is 8.97. The molecule has 0 atom stereocenters. The lowest BCUT2D eigenvalue weighted by Crippen LogP contribution is -1.92. The lowest BCUT2D eigenvalue weighted by Gasteiger charge is -1.99. The lowest BCUT2D eigenvalue weighted by molar-refractivity contribution is 0.119. The molecule has 4 heteroatoms. The summed E-state index contributed by atoms with van der Waals surface area (Å²) >= 11 is 0. The second-order valence-corrected chi connectivity index (χ2v) is 2.58. The molecule has 0 unspecified atom stereocenters. The van der Waals surface area contributed by atoms with Crippen LogP contribution >= 0.6 is 0 Å². The molecule has 1 rings (SSSR count). The van der Waals surface area contributed by atoms with Crippen molar-refractivity contribution in [1.82, 2.24) is 4.98 Å². The van der Waals surface area contributed by atoms with E-state index < -0.39 is 0 Å². The maximum absolute atomic E-state index is 9.14. The van der Waals surface area contributed by atoms with Crippen molar-refractivity contribution in [1.29, 1.82) is 0 Å². The summed E-state index contributed by atoms with van der Waals surface area (Å²) in [4.78, 5) is 2.37. The number of hydrogen-bond donors (Lipinski definition) is 3. The highest BCUT2D eigenvalue weighted by Gasteiger charge is 2.05. The van der Waals surface area contributed by atoms with Crippen molar-refractivity contribution in [3.05, 3.63) is 11.6 Å². The number of aromatic hydroxyl groups is 2. The van der Waals surface area contributed by atoms with Gasteiger partial charge in [0.05, 0.1) is 6.61 Å². The predicted molar refractivity (Wildman–Crippen MR) is 44.1 cm³/mol. The summed E-state index contributed by atoms with van der Waals surface area (Å²) in [5.74, 6) is -0.0637. The predicted octanol–water partition coefficient (Wildman–Crippen LogP) is 1.35. The molecule has 12 heavy (non-hydrogen) atoms. The molecule has 0 amide bonds. The minimum Gasteiger partial charge on any atom is -0.495 e. The first-order valence-electron chi connectivity index (χ1n) is 3.91. The maximum atomic E-state index is 9.14. The fraction of sp³-hybridized carbons (Fsp3) is 0.500. The average Bonchev–Trinajstić information content (AvgIpc) is 2.31. The number of ether oxygens (including phenoxy) is 1. The minimum absolute atomic E-state index is 0.0244. The van der Waals surface area contributed by atoms with Crippen LogP contribution in [0.2, 0.25) is 0 Å². The highest BCUT2D eigenvalue weighted by Crippen LogP contribution is 2.21. The molecule has 0 aliphatic heterocycles. The second-order valence-electron chi connectivity index (χ2n) is 2.58. The van der Waals surface area contributed by atoms with Gasteiger partial charge in [-0.2, -0.15) is 0 Å². The number of aromatic amines is 1. The molecule has 0 radical (unpaired) electrons. The van der Waals surface area contributed by atoms with Crippen LogP contribution < -0.4 is 0 Å². The highest BCUT2D eigenvalue weighted by atomic mass is 16.5. The van der Waals surface area contributed by atoms with Crippen molar-refractivity contribution in [3.8, 4) is 11.8 Å². The maximum Gasteiger partial charge on any atom is 0.196 e. The van der Waals surface area contributed by atoms with E-state index in [-0.39, 0.29) is 11.8 Å². The van der Waals surface area contributed by atoms with Crippen molar-refractivity contribution < 1.29 is 14.9 Å². The molecule has 3 N–H and O–H groups in total. The Kier molecular flexibility index (Phi) is 2.99. The van der Waals surface area contributed by atoms with Crippen molar-refractivity contribution >= 4 is 0 Å². The standard InChI is InChI=1S/C8H13NO3/c1-2-3-12-5-6-4-7(10)9-8(6)11/h4,9-11H,2-3,5H2,1H3. The zero-order valence-corrected chi connectivity index (χ0v) is 7.00. The molecular weight excluding hydrogens is 158 g/mol. The summed E-state index contributed by atoms with van der Waals surface area (Å²) in [7, 11) is 0. The van der Waals surface area contributed by atoms with Crippen molar-refractivity contribution in [3.63, 3.8) is 0 Å². The van der Waals surface area contributed by atoms with Crippen LogP contribution in [0.15, 0.2) is 6.07 Å². The summed E-state index contributed by atoms with van der Waals surface area (Å²) < 4.78 is 5.17. The number of aromatic nitrogens is 1. The van der Waals surface area contributed by atoms with Crippen molar-refractivity contribution in [2.75, 3.05) is 6.61 Å². The first-order valence-corrected chi connectivity index (χ1v) is 3.91. The molecule has 0 fully saturated rings. The third kappa shape index (κ3) is 2.17. The van der Waals surface area contributed by atoms with E-state index in [1.807, 2.05) is 6.92 Å². The second kappa shape index (κ2) is 4.01. The molecule has 1 aromatic heterocycles. The quantitative estimate of drug-likeness (QED) is 0.599. The van der Waals surface area contributed by atoms with Crippen LogP contribution in [0.1, 0.15) is 18.9 Å². The van der Waals surface area contributed by atoms with Crippen LogP contribution in [-0.4, -0.2) is 21.8 Å². The van der Waals surface area contributed by atoms with Gasteiger partial charge in [0.1, 0.15) is 0 Å². The molecule has 0 aromatic carbocycles. The summed E-state index contributed by atoms with van der Waals surface area (Å²) in [5.41, 5.74) is 0.584. The molecule has 0 aliphatic carbocycles. The van der Waals surface area contributed by atoms with E-state index in [0.29, 0.717) is 18.8 Å². The van der Waals surface area contributed by atoms with Gasteiger partial charge in [0.2, 0.25) is 0 Å². The van der Waals surface area contributed by atoms with Gasteiger partial charge in [0.25, 0.3) is 0 Å². The molecule has 4 nitrogen and oxygen atoms in total. The smallest absolute Gasteiger partial charge is 0.196 e. The van der Waals surface area contributed by atoms with E-state index in [0.717, 1.165) is 6.42 Å². The van der Waals surface area contributed by atoms with Crippen LogP contribution in [0.5, 0.6) is 11.8 Å². The number of nitrogens with one attached hydrogen (secondary N) is 1. The summed E-state index contributed by atoms with van der Waals surface area (Å²) in [6.45, 7) is 3.00. The number of hydrogen-bond acceptors (Lipinski definition) is 3. The molecule has 0 saturated heterocycles. The Bertz CT molecular complexity index is 244. The summed E-state index contributed by atoms with van der Waals surface area (Å²) in [6, 6.07) is 1.45. The number of H-pyrrole nitrogens is 1. The van der Waals surface area contributed by atoms with Gasteiger partial charge in [0.15, 0.2) is 11.8 Å². The Balaban J connectivity index is 2.45. The molecule has 0 spiro atoms. The van der Waals surface area contributed by atoms with Gasteiger partial charge in [-0.05, 0) is 6.42 Å². The minimum atomic E-state index is -0.0393. The largest absolute Gasteiger partial charge is 0.495 e. The van der Waals surface area contributed by atoms with Gasteiger partial charge in [-0.1, -0.05) is 6.92 Å². The van der Waals surface area contributed by atoms with Crippen molar-refractivity contribution in [2.45, 2.75) is 20.0 Å². The first-order chi connectivity index (χ1) is 5.74. The molecule has 0 bridgehead atoms. The van der Waals surface area contributed by atoms with E-state index in [2.05, 4.69) is 4.98 Å². The van der Waals surface area contributed by atoms with E-state index in [1.165, 1.54) is 6.07 Å². The van der Waals surface area contributed by atoms with Gasteiger partial charge < -0.3 is 14.9 Å². The van der Waals surface area contributed by atoms with Crippen molar-refractivity contribution in [2.24, 2.45) is 0 Å². The third-order valence-corrected chi connectivity index (χ3v) is 1.47. The molecule has 68 valence electrons. The molecular formula is C8H13NO3. The van der Waals surface area contributed by atoms with E-state index in [9.17, 15) is 0 Å². The lowest BCUT2D eigenvalue weighted by atomic mass is 10.3. The third-order valence-electron chi connectivity index (χ3n) is 1.47. The van der Waals surface area contributed by atoms with Gasteiger partial charge in [-0.25, -0.2) is 0 Å². The van der Waals surface area contributed by atoms with Crippen LogP contribution in [-0.2, 0) is 11.3 Å². The van der Waals surface area contributed by atoms with Crippen LogP contribution in [0.3, 0.4) is 0 Å². The zero-order valence-electron chi connectivity index (χ0n) is 7.00. The summed E-state index contributed by atoms with van der Waals surface area (Å²) in [6.07, 6.45) is 0.942. The topological polar surface area (TPSA) is 65.5 Å². The molecule has 0 saturated carbocycles. The van der Waals surface area contributed by atoms with Gasteiger partial charge in [-0.3, -0.25) is 4.98 Å². The monoisotopic (exact) mass is 171 g/mol. The SMILES string of the molecule is CCCOCc1cc(O)[nH]c1O. The Morgan fingerprint density at radius 2 is 2.25 bits per heavy atom. The Hall–Kier alpha value is -1.16. The number of rotatable bonds is 4. The average molecular weight is 171 g/mol. The van der Waals surface area contributed by atoms with Gasteiger partial charge >= 0.3 is 0 Å². The molecule has 0 aliphatic rings.